The van der Waals surface area contributed by atoms with E-state index in [-0.39, 0.29) is 0 Å². The maximum atomic E-state index is 4.78. The second kappa shape index (κ2) is 5.85. The summed E-state index contributed by atoms with van der Waals surface area (Å²) in [4.78, 5) is 0. The van der Waals surface area contributed by atoms with Gasteiger partial charge in [-0.1, -0.05) is 78.9 Å². The van der Waals surface area contributed by atoms with Gasteiger partial charge in [-0.15, -0.1) is 0 Å². The second-order valence-corrected chi connectivity index (χ2v) is 6.62. The van der Waals surface area contributed by atoms with Crippen LogP contribution in [0.2, 0.25) is 0 Å². The fourth-order valence-corrected chi connectivity index (χ4v) is 3.72. The number of aromatic nitrogens is 2. The molecule has 2 heterocycles. The summed E-state index contributed by atoms with van der Waals surface area (Å²) in [6.07, 6.45) is 2.00. The van der Waals surface area contributed by atoms with Gasteiger partial charge in [-0.05, 0) is 29.5 Å². The molecule has 3 aromatic carbocycles. The van der Waals surface area contributed by atoms with Crippen molar-refractivity contribution >= 4 is 16.3 Å². The quantitative estimate of drug-likeness (QED) is 0.379. The first-order valence-corrected chi connectivity index (χ1v) is 8.84. The van der Waals surface area contributed by atoms with Gasteiger partial charge in [-0.2, -0.15) is 5.10 Å². The number of nitrogens with zero attached hydrogens (tertiary/aromatic N) is 2. The van der Waals surface area contributed by atoms with Gasteiger partial charge in [-0.3, -0.25) is 0 Å². The maximum absolute atomic E-state index is 4.78. The predicted molar refractivity (Wildman–Crippen MR) is 108 cm³/mol. The lowest BCUT2D eigenvalue weighted by atomic mass is 9.98. The third-order valence-corrected chi connectivity index (χ3v) is 5.01. The molecule has 0 aliphatic rings. The number of fused-ring (bicyclic) bond motifs is 3. The van der Waals surface area contributed by atoms with Gasteiger partial charge in [0.25, 0.3) is 0 Å². The maximum Gasteiger partial charge on any atom is 0.0825 e. The minimum atomic E-state index is 1.11. The van der Waals surface area contributed by atoms with Crippen molar-refractivity contribution < 1.29 is 0 Å². The minimum Gasteiger partial charge on any atom is -0.232 e. The molecule has 2 nitrogen and oxygen atoms in total. The Morgan fingerprint density at radius 1 is 0.731 bits per heavy atom. The summed E-state index contributed by atoms with van der Waals surface area (Å²) in [5, 5.41) is 7.23. The van der Waals surface area contributed by atoms with E-state index in [4.69, 9.17) is 5.10 Å². The van der Waals surface area contributed by atoms with Gasteiger partial charge >= 0.3 is 0 Å². The molecule has 2 heteroatoms. The molecule has 0 saturated carbocycles. The Bertz CT molecular complexity index is 1230. The highest BCUT2D eigenvalue weighted by atomic mass is 15.2. The van der Waals surface area contributed by atoms with Gasteiger partial charge in [0.05, 0.1) is 17.4 Å². The van der Waals surface area contributed by atoms with E-state index in [0.717, 1.165) is 11.2 Å². The molecule has 0 atom stereocenters. The van der Waals surface area contributed by atoms with Crippen molar-refractivity contribution in [2.75, 3.05) is 0 Å². The van der Waals surface area contributed by atoms with Crippen LogP contribution in [0.15, 0.2) is 91.1 Å². The number of benzene rings is 3. The highest BCUT2D eigenvalue weighted by molar-refractivity contribution is 6.05. The summed E-state index contributed by atoms with van der Waals surface area (Å²) in [6.45, 7) is 2.15. The Balaban J connectivity index is 1.94. The van der Waals surface area contributed by atoms with Crippen molar-refractivity contribution in [3.63, 3.8) is 0 Å². The topological polar surface area (TPSA) is 17.3 Å². The first-order chi connectivity index (χ1) is 12.8. The van der Waals surface area contributed by atoms with Crippen LogP contribution in [0.4, 0.5) is 0 Å². The van der Waals surface area contributed by atoms with Gasteiger partial charge in [0.15, 0.2) is 0 Å². The zero-order valence-corrected chi connectivity index (χ0v) is 14.6. The molecule has 0 amide bonds. The zero-order chi connectivity index (χ0) is 17.5. The van der Waals surface area contributed by atoms with Gasteiger partial charge < -0.3 is 0 Å². The zero-order valence-electron chi connectivity index (χ0n) is 14.6. The number of hydrogen-bond donors (Lipinski definition) is 0. The van der Waals surface area contributed by atoms with Crippen molar-refractivity contribution in [3.8, 4) is 22.4 Å². The lowest BCUT2D eigenvalue weighted by molar-refractivity contribution is 0.975. The summed E-state index contributed by atoms with van der Waals surface area (Å²) in [7, 11) is 0. The van der Waals surface area contributed by atoms with Gasteiger partial charge in [0, 0.05) is 16.5 Å². The molecule has 0 spiro atoms. The van der Waals surface area contributed by atoms with Crippen LogP contribution >= 0.6 is 0 Å². The molecule has 5 aromatic rings. The highest BCUT2D eigenvalue weighted by Crippen LogP contribution is 2.35. The van der Waals surface area contributed by atoms with Crippen molar-refractivity contribution in [1.82, 2.24) is 9.61 Å². The van der Waals surface area contributed by atoms with Gasteiger partial charge in [-0.25, -0.2) is 4.52 Å². The third-order valence-electron chi connectivity index (χ3n) is 5.01. The summed E-state index contributed by atoms with van der Waals surface area (Å²) in [5.41, 5.74) is 7.12. The molecule has 0 saturated heterocycles. The SMILES string of the molecule is Cc1ccccc1-c1cnn2c(-c3ccccc3)cc3ccccc3c12. The standard InChI is InChI=1S/C24H18N2/c1-17-9-5-7-13-20(17)22-16-25-26-23(18-10-3-2-4-11-18)15-19-12-6-8-14-21(19)24(22)26/h2-16H,1H3. The van der Waals surface area contributed by atoms with Crippen molar-refractivity contribution in [2.45, 2.75) is 6.92 Å². The number of hydrogen-bond acceptors (Lipinski definition) is 1. The summed E-state index contributed by atoms with van der Waals surface area (Å²) in [5.74, 6) is 0. The van der Waals surface area contributed by atoms with Crippen LogP contribution in [0.25, 0.3) is 38.7 Å². The van der Waals surface area contributed by atoms with E-state index < -0.39 is 0 Å². The lowest BCUT2D eigenvalue weighted by Gasteiger charge is -2.11. The van der Waals surface area contributed by atoms with E-state index in [9.17, 15) is 0 Å². The molecular formula is C24H18N2. The van der Waals surface area contributed by atoms with Crippen LogP contribution in [0, 0.1) is 6.92 Å². The fraction of sp³-hybridized carbons (Fsp3) is 0.0417. The molecular weight excluding hydrogens is 316 g/mol. The molecule has 0 bridgehead atoms. The average molecular weight is 334 g/mol. The Labute approximate surface area is 152 Å². The molecule has 0 aliphatic carbocycles. The normalized spacial score (nSPS) is 11.3. The van der Waals surface area contributed by atoms with Gasteiger partial charge in [0.2, 0.25) is 0 Å². The summed E-state index contributed by atoms with van der Waals surface area (Å²) < 4.78 is 2.08. The molecule has 0 aliphatic heterocycles. The molecule has 5 rings (SSSR count). The summed E-state index contributed by atoms with van der Waals surface area (Å²) in [6, 6.07) is 29.7. The highest BCUT2D eigenvalue weighted by Gasteiger charge is 2.15. The van der Waals surface area contributed by atoms with Gasteiger partial charge in [0.1, 0.15) is 0 Å². The predicted octanol–water partition coefficient (Wildman–Crippen LogP) is 6.13. The molecule has 0 unspecified atom stereocenters. The van der Waals surface area contributed by atoms with E-state index in [0.29, 0.717) is 0 Å². The first kappa shape index (κ1) is 14.9. The van der Waals surface area contributed by atoms with Crippen LogP contribution < -0.4 is 0 Å². The minimum absolute atomic E-state index is 1.11. The van der Waals surface area contributed by atoms with Crippen LogP contribution in [-0.2, 0) is 0 Å². The van der Waals surface area contributed by atoms with Crippen molar-refractivity contribution in [1.29, 1.82) is 0 Å². The Morgan fingerprint density at radius 3 is 2.31 bits per heavy atom. The Kier molecular flexibility index (Phi) is 3.36. The number of pyridine rings is 1. The third kappa shape index (κ3) is 2.23. The second-order valence-electron chi connectivity index (χ2n) is 6.62. The molecule has 124 valence electrons. The van der Waals surface area contributed by atoms with Crippen molar-refractivity contribution in [2.24, 2.45) is 0 Å². The fourth-order valence-electron chi connectivity index (χ4n) is 3.72. The average Bonchev–Trinajstić information content (AvgIpc) is 3.14. The Hall–Kier alpha value is -3.39. The molecule has 0 radical (unpaired) electrons. The number of rotatable bonds is 2. The van der Waals surface area contributed by atoms with Crippen molar-refractivity contribution in [3.05, 3.63) is 96.7 Å². The van der Waals surface area contributed by atoms with E-state index in [2.05, 4.69) is 90.3 Å². The van der Waals surface area contributed by atoms with Crippen LogP contribution in [0.1, 0.15) is 5.56 Å². The molecule has 0 fully saturated rings. The lowest BCUT2D eigenvalue weighted by Crippen LogP contribution is -1.95. The van der Waals surface area contributed by atoms with E-state index in [1.807, 2.05) is 12.3 Å². The largest absolute Gasteiger partial charge is 0.232 e. The smallest absolute Gasteiger partial charge is 0.0825 e. The van der Waals surface area contributed by atoms with E-state index >= 15 is 0 Å². The monoisotopic (exact) mass is 334 g/mol. The van der Waals surface area contributed by atoms with Crippen LogP contribution in [0.3, 0.4) is 0 Å². The molecule has 2 aromatic heterocycles. The molecule has 26 heavy (non-hydrogen) atoms. The molecule has 0 N–H and O–H groups in total. The van der Waals surface area contributed by atoms with E-state index in [1.165, 1.54) is 33.0 Å². The summed E-state index contributed by atoms with van der Waals surface area (Å²) >= 11 is 0. The van der Waals surface area contributed by atoms with E-state index in [1.54, 1.807) is 0 Å². The van der Waals surface area contributed by atoms with Crippen LogP contribution in [0.5, 0.6) is 0 Å². The number of aryl methyl sites for hydroxylation is 1. The first-order valence-electron chi connectivity index (χ1n) is 8.84. The Morgan fingerprint density at radius 2 is 1.46 bits per heavy atom. The van der Waals surface area contributed by atoms with Crippen LogP contribution in [-0.4, -0.2) is 9.61 Å².